The molecule has 8 heteroatoms. The SMILES string of the molecule is C/C=C(\C)C(C)=O.CC.CC.CC(=O)c1ccc2c(c1)NC(=O)CO2.CCC(=O)c1ccc2c(c1)OCCO2. The molecule has 0 spiro atoms. The molecule has 0 radical (unpaired) electrons. The fourth-order valence-corrected chi connectivity index (χ4v) is 2.93. The minimum atomic E-state index is -0.196. The minimum absolute atomic E-state index is 0.0341. The summed E-state index contributed by atoms with van der Waals surface area (Å²) >= 11 is 0. The van der Waals surface area contributed by atoms with E-state index in [1.807, 2.05) is 54.5 Å². The molecule has 4 rings (SSSR count). The molecular formula is C31H43NO7. The Kier molecular flexibility index (Phi) is 17.2. The van der Waals surface area contributed by atoms with Crippen molar-refractivity contribution in [1.82, 2.24) is 0 Å². The molecular weight excluding hydrogens is 498 g/mol. The van der Waals surface area contributed by atoms with Crippen LogP contribution in [0.2, 0.25) is 0 Å². The van der Waals surface area contributed by atoms with Gasteiger partial charge in [-0.05, 0) is 69.7 Å². The number of carbonyl (C=O) groups excluding carboxylic acids is 4. The summed E-state index contributed by atoms with van der Waals surface area (Å²) in [6.45, 7) is 17.7. The zero-order chi connectivity index (χ0) is 30.0. The van der Waals surface area contributed by atoms with Gasteiger partial charge >= 0.3 is 0 Å². The highest BCUT2D eigenvalue weighted by Crippen LogP contribution is 2.31. The van der Waals surface area contributed by atoms with E-state index in [1.54, 1.807) is 43.3 Å². The number of ketones is 3. The number of amides is 1. The van der Waals surface area contributed by atoms with Crippen molar-refractivity contribution in [2.24, 2.45) is 0 Å². The van der Waals surface area contributed by atoms with E-state index in [0.717, 1.165) is 11.3 Å². The molecule has 1 amide bonds. The van der Waals surface area contributed by atoms with Crippen molar-refractivity contribution in [2.75, 3.05) is 25.1 Å². The lowest BCUT2D eigenvalue weighted by Crippen LogP contribution is -2.25. The number of Topliss-reactive ketones (excluding diaryl/α,β-unsaturated/α-hetero) is 3. The van der Waals surface area contributed by atoms with Crippen LogP contribution >= 0.6 is 0 Å². The van der Waals surface area contributed by atoms with Gasteiger partial charge in [-0.2, -0.15) is 0 Å². The molecule has 0 fully saturated rings. The van der Waals surface area contributed by atoms with Crippen molar-refractivity contribution >= 4 is 28.9 Å². The number of hydrogen-bond donors (Lipinski definition) is 1. The molecule has 2 heterocycles. The molecule has 0 aromatic heterocycles. The lowest BCUT2D eigenvalue weighted by Gasteiger charge is -2.18. The largest absolute Gasteiger partial charge is 0.486 e. The number of anilines is 1. The Bertz CT molecular complexity index is 1140. The summed E-state index contributed by atoms with van der Waals surface area (Å²) in [6, 6.07) is 10.3. The third-order valence-electron chi connectivity index (χ3n) is 5.19. The standard InChI is InChI=1S/C11H12O3.C10H9NO3.C6H10O.2C2H6/c1-2-9(12)8-3-4-10-11(7-8)14-6-5-13-10;1-6(12)7-2-3-9-8(4-7)11-10(13)5-14-9;1-4-5(2)6(3)7;2*1-2/h3-4,7H,2,5-6H2,1H3;2-4H,5H2,1H3,(H,11,13);4H,1-3H3;2*1-2H3/b;;5-4+;;. The van der Waals surface area contributed by atoms with E-state index in [2.05, 4.69) is 5.32 Å². The van der Waals surface area contributed by atoms with Crippen LogP contribution in [0.4, 0.5) is 5.69 Å². The lowest BCUT2D eigenvalue weighted by atomic mass is 10.1. The van der Waals surface area contributed by atoms with Crippen LogP contribution in [-0.2, 0) is 9.59 Å². The first-order valence-corrected chi connectivity index (χ1v) is 13.3. The lowest BCUT2D eigenvalue weighted by molar-refractivity contribution is -0.118. The summed E-state index contributed by atoms with van der Waals surface area (Å²) in [6.07, 6.45) is 2.32. The van der Waals surface area contributed by atoms with Gasteiger partial charge in [0.15, 0.2) is 35.5 Å². The van der Waals surface area contributed by atoms with Crippen molar-refractivity contribution in [3.63, 3.8) is 0 Å². The predicted molar refractivity (Wildman–Crippen MR) is 155 cm³/mol. The number of rotatable bonds is 4. The highest BCUT2D eigenvalue weighted by molar-refractivity contribution is 5.99. The quantitative estimate of drug-likeness (QED) is 0.332. The second-order valence-electron chi connectivity index (χ2n) is 7.77. The van der Waals surface area contributed by atoms with Crippen LogP contribution in [-0.4, -0.2) is 43.1 Å². The molecule has 0 bridgehead atoms. The first-order chi connectivity index (χ1) is 18.7. The summed E-state index contributed by atoms with van der Waals surface area (Å²) in [4.78, 5) is 43.8. The van der Waals surface area contributed by atoms with Gasteiger partial charge in [-0.1, -0.05) is 40.7 Å². The molecule has 39 heavy (non-hydrogen) atoms. The van der Waals surface area contributed by atoms with Crippen molar-refractivity contribution in [1.29, 1.82) is 0 Å². The molecule has 2 aliphatic rings. The second-order valence-corrected chi connectivity index (χ2v) is 7.77. The fourth-order valence-electron chi connectivity index (χ4n) is 2.93. The average molecular weight is 542 g/mol. The van der Waals surface area contributed by atoms with Gasteiger partial charge in [0.05, 0.1) is 5.69 Å². The maximum absolute atomic E-state index is 11.4. The molecule has 1 N–H and O–H groups in total. The van der Waals surface area contributed by atoms with E-state index < -0.39 is 0 Å². The zero-order valence-corrected chi connectivity index (χ0v) is 24.7. The Morgan fingerprint density at radius 2 is 1.38 bits per heavy atom. The van der Waals surface area contributed by atoms with Crippen molar-refractivity contribution in [3.05, 3.63) is 59.2 Å². The van der Waals surface area contributed by atoms with Gasteiger partial charge in [0.25, 0.3) is 5.91 Å². The Morgan fingerprint density at radius 1 is 0.821 bits per heavy atom. The van der Waals surface area contributed by atoms with Crippen LogP contribution in [0.1, 0.15) is 89.5 Å². The smallest absolute Gasteiger partial charge is 0.262 e. The third kappa shape index (κ3) is 12.0. The first kappa shape index (κ1) is 35.1. The second kappa shape index (κ2) is 19.2. The summed E-state index contributed by atoms with van der Waals surface area (Å²) in [7, 11) is 0. The number of allylic oxidation sites excluding steroid dienone is 2. The van der Waals surface area contributed by atoms with Crippen molar-refractivity contribution in [2.45, 2.75) is 68.7 Å². The van der Waals surface area contributed by atoms with Gasteiger partial charge in [0.2, 0.25) is 0 Å². The van der Waals surface area contributed by atoms with Crippen LogP contribution < -0.4 is 19.5 Å². The van der Waals surface area contributed by atoms with Gasteiger partial charge < -0.3 is 19.5 Å². The number of hydrogen-bond acceptors (Lipinski definition) is 7. The summed E-state index contributed by atoms with van der Waals surface area (Å²) in [5.41, 5.74) is 2.65. The van der Waals surface area contributed by atoms with Crippen molar-refractivity contribution in [3.8, 4) is 17.2 Å². The first-order valence-electron chi connectivity index (χ1n) is 13.3. The Labute approximate surface area is 232 Å². The normalized spacial score (nSPS) is 12.3. The molecule has 0 unspecified atom stereocenters. The molecule has 2 aromatic carbocycles. The molecule has 0 saturated carbocycles. The Morgan fingerprint density at radius 3 is 1.90 bits per heavy atom. The summed E-state index contributed by atoms with van der Waals surface area (Å²) in [5, 5.41) is 2.64. The van der Waals surface area contributed by atoms with Gasteiger partial charge in [-0.15, -0.1) is 0 Å². The highest BCUT2D eigenvalue weighted by Gasteiger charge is 2.16. The number of ether oxygens (including phenoxy) is 3. The molecule has 0 saturated heterocycles. The van der Waals surface area contributed by atoms with Gasteiger partial charge in [-0.25, -0.2) is 0 Å². The number of carbonyl (C=O) groups is 4. The number of fused-ring (bicyclic) bond motifs is 2. The molecule has 2 aromatic rings. The van der Waals surface area contributed by atoms with E-state index in [4.69, 9.17) is 14.2 Å². The summed E-state index contributed by atoms with van der Waals surface area (Å²) in [5.74, 6) is 2.06. The zero-order valence-electron chi connectivity index (χ0n) is 24.7. The van der Waals surface area contributed by atoms with Gasteiger partial charge in [0.1, 0.15) is 19.0 Å². The average Bonchev–Trinajstić information content (AvgIpc) is 2.98. The monoisotopic (exact) mass is 541 g/mol. The minimum Gasteiger partial charge on any atom is -0.486 e. The Hall–Kier alpha value is -3.94. The van der Waals surface area contributed by atoms with Crippen LogP contribution in [0.3, 0.4) is 0 Å². The predicted octanol–water partition coefficient (Wildman–Crippen LogP) is 6.86. The molecule has 2 aliphatic heterocycles. The molecule has 8 nitrogen and oxygen atoms in total. The van der Waals surface area contributed by atoms with Crippen LogP contribution in [0.15, 0.2) is 48.0 Å². The molecule has 0 atom stereocenters. The number of benzene rings is 2. The fraction of sp³-hybridized carbons (Fsp3) is 0.419. The molecule has 0 aliphatic carbocycles. The topological polar surface area (TPSA) is 108 Å². The Balaban J connectivity index is 0.000000548. The van der Waals surface area contributed by atoms with Gasteiger partial charge in [0, 0.05) is 17.5 Å². The van der Waals surface area contributed by atoms with E-state index in [0.29, 0.717) is 47.9 Å². The maximum Gasteiger partial charge on any atom is 0.262 e. The van der Waals surface area contributed by atoms with Gasteiger partial charge in [-0.3, -0.25) is 19.2 Å². The van der Waals surface area contributed by atoms with Crippen LogP contribution in [0, 0.1) is 0 Å². The van der Waals surface area contributed by atoms with E-state index in [-0.39, 0.29) is 29.9 Å². The highest BCUT2D eigenvalue weighted by atomic mass is 16.6. The van der Waals surface area contributed by atoms with Crippen molar-refractivity contribution < 1.29 is 33.4 Å². The maximum atomic E-state index is 11.4. The van der Waals surface area contributed by atoms with E-state index in [9.17, 15) is 19.2 Å². The van der Waals surface area contributed by atoms with E-state index >= 15 is 0 Å². The number of nitrogens with one attached hydrogen (secondary N) is 1. The van der Waals surface area contributed by atoms with E-state index in [1.165, 1.54) is 6.92 Å². The van der Waals surface area contributed by atoms with Crippen LogP contribution in [0.25, 0.3) is 0 Å². The third-order valence-corrected chi connectivity index (χ3v) is 5.19. The molecule has 214 valence electrons. The van der Waals surface area contributed by atoms with Crippen LogP contribution in [0.5, 0.6) is 17.2 Å². The summed E-state index contributed by atoms with van der Waals surface area (Å²) < 4.78 is 15.9.